The summed E-state index contributed by atoms with van der Waals surface area (Å²) >= 11 is 0. The van der Waals surface area contributed by atoms with Crippen molar-refractivity contribution >= 4 is 21.4 Å². The van der Waals surface area contributed by atoms with Crippen molar-refractivity contribution in [1.29, 1.82) is 0 Å². The van der Waals surface area contributed by atoms with E-state index < -0.39 is 9.84 Å². The molecule has 0 saturated carbocycles. The van der Waals surface area contributed by atoms with Gasteiger partial charge in [0.05, 0.1) is 4.90 Å². The summed E-state index contributed by atoms with van der Waals surface area (Å²) in [5.74, 6) is 0.360. The molecule has 0 radical (unpaired) electrons. The number of sulfone groups is 1. The molecule has 0 aliphatic carbocycles. The number of hydrogen-bond acceptors (Lipinski definition) is 4. The first-order valence-corrected chi connectivity index (χ1v) is 11.7. The number of benzene rings is 2. The first-order chi connectivity index (χ1) is 13.4. The summed E-state index contributed by atoms with van der Waals surface area (Å²) in [5, 5.41) is 0. The SMILES string of the molecule is CS(=O)(=O)c1ccc(N2CCC(C(=O)N3CCc4ccccc4C3)CC2)cc1. The van der Waals surface area contributed by atoms with E-state index in [2.05, 4.69) is 23.1 Å². The zero-order chi connectivity index (χ0) is 19.7. The van der Waals surface area contributed by atoms with Crippen LogP contribution < -0.4 is 4.90 Å². The minimum Gasteiger partial charge on any atom is -0.371 e. The number of fused-ring (bicyclic) bond motifs is 1. The maximum Gasteiger partial charge on any atom is 0.226 e. The van der Waals surface area contributed by atoms with Crippen LogP contribution in [0.25, 0.3) is 0 Å². The van der Waals surface area contributed by atoms with E-state index in [1.165, 1.54) is 17.4 Å². The number of carbonyl (C=O) groups excluding carboxylic acids is 1. The molecule has 0 atom stereocenters. The second-order valence-corrected chi connectivity index (χ2v) is 9.82. The van der Waals surface area contributed by atoms with E-state index in [-0.39, 0.29) is 11.8 Å². The van der Waals surface area contributed by atoms with Gasteiger partial charge in [-0.15, -0.1) is 0 Å². The molecule has 1 saturated heterocycles. The molecule has 0 aromatic heterocycles. The van der Waals surface area contributed by atoms with Gasteiger partial charge < -0.3 is 9.80 Å². The number of nitrogens with zero attached hydrogens (tertiary/aromatic N) is 2. The molecule has 148 valence electrons. The monoisotopic (exact) mass is 398 g/mol. The molecular weight excluding hydrogens is 372 g/mol. The number of piperidine rings is 1. The minimum absolute atomic E-state index is 0.0804. The van der Waals surface area contributed by atoms with Crippen molar-refractivity contribution in [2.75, 3.05) is 30.8 Å². The quantitative estimate of drug-likeness (QED) is 0.798. The third-order valence-electron chi connectivity index (χ3n) is 5.92. The summed E-state index contributed by atoms with van der Waals surface area (Å²) in [4.78, 5) is 17.6. The number of anilines is 1. The van der Waals surface area contributed by atoms with Gasteiger partial charge in [0.15, 0.2) is 9.84 Å². The highest BCUT2D eigenvalue weighted by Gasteiger charge is 2.30. The third kappa shape index (κ3) is 3.92. The maximum absolute atomic E-state index is 13.0. The Balaban J connectivity index is 1.36. The van der Waals surface area contributed by atoms with Crippen molar-refractivity contribution in [3.8, 4) is 0 Å². The summed E-state index contributed by atoms with van der Waals surface area (Å²) < 4.78 is 23.2. The summed E-state index contributed by atoms with van der Waals surface area (Å²) in [6.45, 7) is 3.17. The van der Waals surface area contributed by atoms with E-state index in [0.717, 1.165) is 51.1 Å². The maximum atomic E-state index is 13.0. The predicted molar refractivity (Wildman–Crippen MR) is 110 cm³/mol. The van der Waals surface area contributed by atoms with E-state index in [0.29, 0.717) is 4.90 Å². The van der Waals surface area contributed by atoms with Gasteiger partial charge in [0.1, 0.15) is 0 Å². The van der Waals surface area contributed by atoms with Crippen molar-refractivity contribution < 1.29 is 13.2 Å². The van der Waals surface area contributed by atoms with Crippen LogP contribution in [-0.2, 0) is 27.6 Å². The zero-order valence-corrected chi connectivity index (χ0v) is 17.0. The van der Waals surface area contributed by atoms with E-state index >= 15 is 0 Å². The molecule has 0 bridgehead atoms. The number of rotatable bonds is 3. The molecule has 0 unspecified atom stereocenters. The standard InChI is InChI=1S/C22H26N2O3S/c1-28(26,27)21-8-6-20(7-9-21)23-13-11-18(12-14-23)22(25)24-15-10-17-4-2-3-5-19(17)16-24/h2-9,18H,10-16H2,1H3. The Labute approximate surface area is 166 Å². The van der Waals surface area contributed by atoms with Crippen LogP contribution in [0.4, 0.5) is 5.69 Å². The molecule has 1 amide bonds. The van der Waals surface area contributed by atoms with E-state index in [1.807, 2.05) is 23.1 Å². The van der Waals surface area contributed by atoms with Crippen molar-refractivity contribution in [1.82, 2.24) is 4.90 Å². The Hall–Kier alpha value is -2.34. The summed E-state index contributed by atoms with van der Waals surface area (Å²) in [6, 6.07) is 15.4. The van der Waals surface area contributed by atoms with E-state index in [9.17, 15) is 13.2 Å². The first-order valence-electron chi connectivity index (χ1n) is 9.82. The average Bonchev–Trinajstić information content (AvgIpc) is 2.72. The molecule has 4 rings (SSSR count). The van der Waals surface area contributed by atoms with Gasteiger partial charge in [-0.05, 0) is 54.7 Å². The van der Waals surface area contributed by atoms with Crippen molar-refractivity contribution in [2.45, 2.75) is 30.7 Å². The van der Waals surface area contributed by atoms with Gasteiger partial charge in [0.2, 0.25) is 5.91 Å². The van der Waals surface area contributed by atoms with Crippen LogP contribution in [0, 0.1) is 5.92 Å². The summed E-state index contributed by atoms with van der Waals surface area (Å²) in [7, 11) is -3.17. The van der Waals surface area contributed by atoms with Crippen molar-refractivity contribution in [2.24, 2.45) is 5.92 Å². The lowest BCUT2D eigenvalue weighted by Crippen LogP contribution is -2.44. The van der Waals surface area contributed by atoms with E-state index in [4.69, 9.17) is 0 Å². The summed E-state index contributed by atoms with van der Waals surface area (Å²) in [5.41, 5.74) is 3.65. The highest BCUT2D eigenvalue weighted by molar-refractivity contribution is 7.90. The minimum atomic E-state index is -3.17. The third-order valence-corrected chi connectivity index (χ3v) is 7.05. The lowest BCUT2D eigenvalue weighted by molar-refractivity contribution is -0.137. The molecule has 2 aliphatic rings. The van der Waals surface area contributed by atoms with Gasteiger partial charge >= 0.3 is 0 Å². The lowest BCUT2D eigenvalue weighted by atomic mass is 9.93. The zero-order valence-electron chi connectivity index (χ0n) is 16.2. The fraction of sp³-hybridized carbons (Fsp3) is 0.409. The molecule has 2 aliphatic heterocycles. The highest BCUT2D eigenvalue weighted by Crippen LogP contribution is 2.27. The fourth-order valence-corrected chi connectivity index (χ4v) is 4.86. The van der Waals surface area contributed by atoms with Gasteiger partial charge in [0, 0.05) is 44.0 Å². The number of amides is 1. The molecule has 0 N–H and O–H groups in total. The Morgan fingerprint density at radius 3 is 2.21 bits per heavy atom. The van der Waals surface area contributed by atoms with Gasteiger partial charge in [-0.2, -0.15) is 0 Å². The molecule has 5 nitrogen and oxygen atoms in total. The molecule has 6 heteroatoms. The lowest BCUT2D eigenvalue weighted by Gasteiger charge is -2.37. The van der Waals surface area contributed by atoms with E-state index in [1.54, 1.807) is 12.1 Å². The second kappa shape index (κ2) is 7.59. The molecule has 28 heavy (non-hydrogen) atoms. The molecular formula is C22H26N2O3S. The van der Waals surface area contributed by atoms with Crippen molar-refractivity contribution in [3.63, 3.8) is 0 Å². The molecule has 2 heterocycles. The number of hydrogen-bond donors (Lipinski definition) is 0. The van der Waals surface area contributed by atoms with Crippen LogP contribution >= 0.6 is 0 Å². The fourth-order valence-electron chi connectivity index (χ4n) is 4.23. The normalized spacial score (nSPS) is 18.0. The first kappa shape index (κ1) is 19.0. The molecule has 1 fully saturated rings. The molecule has 2 aromatic carbocycles. The van der Waals surface area contributed by atoms with Crippen molar-refractivity contribution in [3.05, 3.63) is 59.7 Å². The van der Waals surface area contributed by atoms with Crippen LogP contribution in [0.2, 0.25) is 0 Å². The Morgan fingerprint density at radius 2 is 1.57 bits per heavy atom. The Morgan fingerprint density at radius 1 is 0.929 bits per heavy atom. The summed E-state index contributed by atoms with van der Waals surface area (Å²) in [6.07, 6.45) is 3.83. The Bertz CT molecular complexity index is 962. The van der Waals surface area contributed by atoms with Crippen LogP contribution in [-0.4, -0.2) is 45.1 Å². The van der Waals surface area contributed by atoms with Crippen LogP contribution in [0.15, 0.2) is 53.4 Å². The predicted octanol–water partition coefficient (Wildman–Crippen LogP) is 2.89. The molecule has 0 spiro atoms. The van der Waals surface area contributed by atoms with Crippen LogP contribution in [0.1, 0.15) is 24.0 Å². The Kier molecular flexibility index (Phi) is 5.15. The van der Waals surface area contributed by atoms with Crippen LogP contribution in [0.3, 0.4) is 0 Å². The topological polar surface area (TPSA) is 57.7 Å². The number of carbonyl (C=O) groups is 1. The van der Waals surface area contributed by atoms with Gasteiger partial charge in [-0.1, -0.05) is 24.3 Å². The molecule has 2 aromatic rings. The smallest absolute Gasteiger partial charge is 0.226 e. The average molecular weight is 399 g/mol. The van der Waals surface area contributed by atoms with Gasteiger partial charge in [0.25, 0.3) is 0 Å². The highest BCUT2D eigenvalue weighted by atomic mass is 32.2. The second-order valence-electron chi connectivity index (χ2n) is 7.81. The van der Waals surface area contributed by atoms with Gasteiger partial charge in [-0.25, -0.2) is 8.42 Å². The van der Waals surface area contributed by atoms with Crippen LogP contribution in [0.5, 0.6) is 0 Å². The van der Waals surface area contributed by atoms with Gasteiger partial charge in [-0.3, -0.25) is 4.79 Å². The largest absolute Gasteiger partial charge is 0.371 e.